The van der Waals surface area contributed by atoms with Gasteiger partial charge < -0.3 is 25.8 Å². The predicted molar refractivity (Wildman–Crippen MR) is 182 cm³/mol. The maximum absolute atomic E-state index is 14.4. The molecule has 4 amide bonds. The van der Waals surface area contributed by atoms with Crippen LogP contribution in [0.15, 0.2) is 66.9 Å². The Morgan fingerprint density at radius 3 is 2.32 bits per heavy atom. The second-order valence-electron chi connectivity index (χ2n) is 12.7. The minimum absolute atomic E-state index is 0.0187. The molecule has 2 heterocycles. The van der Waals surface area contributed by atoms with Gasteiger partial charge in [0, 0.05) is 50.9 Å². The first-order valence-electron chi connectivity index (χ1n) is 16.7. The first-order chi connectivity index (χ1) is 22.7. The van der Waals surface area contributed by atoms with E-state index < -0.39 is 5.41 Å². The highest BCUT2D eigenvalue weighted by atomic mass is 16.2. The molecule has 0 spiro atoms. The molecule has 0 bridgehead atoms. The molecule has 10 heteroatoms. The Balaban J connectivity index is 1.30. The van der Waals surface area contributed by atoms with E-state index in [1.807, 2.05) is 49.4 Å². The van der Waals surface area contributed by atoms with Crippen molar-refractivity contribution in [3.05, 3.63) is 89.1 Å². The summed E-state index contributed by atoms with van der Waals surface area (Å²) in [5.41, 5.74) is 4.19. The average Bonchev–Trinajstić information content (AvgIpc) is 3.51. The van der Waals surface area contributed by atoms with Crippen LogP contribution in [0.2, 0.25) is 0 Å². The van der Waals surface area contributed by atoms with Crippen LogP contribution in [0, 0.1) is 11.3 Å². The molecule has 2 aliphatic rings. The maximum atomic E-state index is 14.4. The Morgan fingerprint density at radius 2 is 1.64 bits per heavy atom. The maximum Gasteiger partial charge on any atom is 0.244 e. The minimum atomic E-state index is -0.638. The van der Waals surface area contributed by atoms with Gasteiger partial charge in [-0.3, -0.25) is 19.2 Å². The number of aromatic nitrogens is 1. The largest absolute Gasteiger partial charge is 0.343 e. The first-order valence-corrected chi connectivity index (χ1v) is 16.7. The fourth-order valence-electron chi connectivity index (χ4n) is 6.77. The fourth-order valence-corrected chi connectivity index (χ4v) is 6.77. The summed E-state index contributed by atoms with van der Waals surface area (Å²) in [5, 5.41) is 9.29. The van der Waals surface area contributed by atoms with Crippen molar-refractivity contribution in [3.63, 3.8) is 0 Å². The molecule has 10 nitrogen and oxygen atoms in total. The standard InChI is InChI=1S/C37H46N6O4/c1-4-37(15-18-42(19-16-37)26(3)44)36(47)43(24-29-11-7-6-10-28(29)23-38-5-2)25-34(45)40-32-14-13-27-20-31(21-30(27)22-32)35(46)41-33-12-8-9-17-39-33/h6-14,17,22,31,38H,4-5,15-16,18-21,23-25H2,1-3H3,(H,40,45)(H,39,41,46). The van der Waals surface area contributed by atoms with Crippen LogP contribution >= 0.6 is 0 Å². The number of carbonyl (C=O) groups excluding carboxylic acids is 4. The van der Waals surface area contributed by atoms with Gasteiger partial charge in [-0.15, -0.1) is 0 Å². The number of piperidine rings is 1. The number of fused-ring (bicyclic) bond motifs is 1. The number of anilines is 2. The third-order valence-corrected chi connectivity index (χ3v) is 9.67. The monoisotopic (exact) mass is 638 g/mol. The zero-order chi connectivity index (χ0) is 33.4. The van der Waals surface area contributed by atoms with E-state index in [4.69, 9.17) is 0 Å². The van der Waals surface area contributed by atoms with Crippen LogP contribution in [0.25, 0.3) is 0 Å². The van der Waals surface area contributed by atoms with E-state index in [-0.39, 0.29) is 36.1 Å². The molecule has 248 valence electrons. The molecule has 0 radical (unpaired) electrons. The van der Waals surface area contributed by atoms with E-state index in [1.165, 1.54) is 0 Å². The summed E-state index contributed by atoms with van der Waals surface area (Å²) >= 11 is 0. The van der Waals surface area contributed by atoms with Gasteiger partial charge >= 0.3 is 0 Å². The lowest BCUT2D eigenvalue weighted by molar-refractivity contribution is -0.150. The molecule has 1 unspecified atom stereocenters. The van der Waals surface area contributed by atoms with E-state index in [0.29, 0.717) is 69.8 Å². The van der Waals surface area contributed by atoms with Crippen molar-refractivity contribution in [2.75, 3.05) is 36.8 Å². The number of hydrogen-bond acceptors (Lipinski definition) is 6. The molecule has 1 aliphatic heterocycles. The number of likely N-dealkylation sites (tertiary alicyclic amines) is 1. The number of carbonyl (C=O) groups is 4. The molecular formula is C37H46N6O4. The lowest BCUT2D eigenvalue weighted by Gasteiger charge is -2.42. The summed E-state index contributed by atoms with van der Waals surface area (Å²) in [6.45, 7) is 8.40. The van der Waals surface area contributed by atoms with Gasteiger partial charge in [0.05, 0.1) is 5.41 Å². The van der Waals surface area contributed by atoms with Gasteiger partial charge in [-0.2, -0.15) is 0 Å². The quantitative estimate of drug-likeness (QED) is 0.268. The van der Waals surface area contributed by atoms with Crippen molar-refractivity contribution in [2.24, 2.45) is 11.3 Å². The fraction of sp³-hybridized carbons (Fsp3) is 0.432. The lowest BCUT2D eigenvalue weighted by Crippen LogP contribution is -2.52. The van der Waals surface area contributed by atoms with Crippen molar-refractivity contribution in [3.8, 4) is 0 Å². The molecule has 0 saturated carbocycles. The Hall–Kier alpha value is -4.57. The number of hydrogen-bond donors (Lipinski definition) is 3. The van der Waals surface area contributed by atoms with Gasteiger partial charge in [0.2, 0.25) is 23.6 Å². The third-order valence-electron chi connectivity index (χ3n) is 9.67. The van der Waals surface area contributed by atoms with Gasteiger partial charge in [-0.25, -0.2) is 4.98 Å². The van der Waals surface area contributed by atoms with E-state index in [9.17, 15) is 19.2 Å². The zero-order valence-electron chi connectivity index (χ0n) is 27.7. The highest BCUT2D eigenvalue weighted by molar-refractivity contribution is 5.96. The summed E-state index contributed by atoms with van der Waals surface area (Å²) in [6.07, 6.45) is 4.61. The Kier molecular flexibility index (Phi) is 11.0. The van der Waals surface area contributed by atoms with Crippen LogP contribution in [0.3, 0.4) is 0 Å². The van der Waals surface area contributed by atoms with Gasteiger partial charge in [-0.1, -0.05) is 50.2 Å². The number of nitrogens with one attached hydrogen (secondary N) is 3. The summed E-state index contributed by atoms with van der Waals surface area (Å²) in [7, 11) is 0. The third kappa shape index (κ3) is 8.24. The lowest BCUT2D eigenvalue weighted by atomic mass is 9.74. The molecule has 5 rings (SSSR count). The highest BCUT2D eigenvalue weighted by Crippen LogP contribution is 2.38. The number of pyridine rings is 1. The Bertz CT molecular complexity index is 1580. The van der Waals surface area contributed by atoms with Gasteiger partial charge in [0.1, 0.15) is 12.4 Å². The summed E-state index contributed by atoms with van der Waals surface area (Å²) in [6, 6.07) is 19.2. The molecule has 1 atom stereocenters. The van der Waals surface area contributed by atoms with E-state index in [2.05, 4.69) is 33.9 Å². The molecular weight excluding hydrogens is 592 g/mol. The van der Waals surface area contributed by atoms with Crippen LogP contribution in [-0.2, 0) is 45.1 Å². The molecule has 1 aromatic heterocycles. The van der Waals surface area contributed by atoms with Crippen LogP contribution in [0.4, 0.5) is 11.5 Å². The highest BCUT2D eigenvalue weighted by Gasteiger charge is 2.43. The summed E-state index contributed by atoms with van der Waals surface area (Å²) in [5.74, 6) is -0.0741. The predicted octanol–water partition coefficient (Wildman–Crippen LogP) is 4.55. The van der Waals surface area contributed by atoms with Crippen LogP contribution < -0.4 is 16.0 Å². The SMILES string of the molecule is CCNCc1ccccc1CN(CC(=O)Nc1ccc2c(c1)CC(C(=O)Nc1ccccn1)C2)C(=O)C1(CC)CCN(C(C)=O)CC1. The molecule has 1 saturated heterocycles. The number of amides is 4. The number of nitrogens with zero attached hydrogens (tertiary/aromatic N) is 3. The molecule has 2 aromatic carbocycles. The second-order valence-corrected chi connectivity index (χ2v) is 12.7. The van der Waals surface area contributed by atoms with E-state index >= 15 is 0 Å². The molecule has 47 heavy (non-hydrogen) atoms. The molecule has 1 fully saturated rings. The minimum Gasteiger partial charge on any atom is -0.343 e. The van der Waals surface area contributed by atoms with Crippen molar-refractivity contribution in [2.45, 2.75) is 66.0 Å². The van der Waals surface area contributed by atoms with Crippen LogP contribution in [0.1, 0.15) is 62.3 Å². The van der Waals surface area contributed by atoms with Crippen LogP contribution in [-0.4, -0.2) is 64.6 Å². The molecule has 3 N–H and O–H groups in total. The van der Waals surface area contributed by atoms with Gasteiger partial charge in [0.15, 0.2) is 0 Å². The van der Waals surface area contributed by atoms with Crippen molar-refractivity contribution in [1.29, 1.82) is 0 Å². The summed E-state index contributed by atoms with van der Waals surface area (Å²) in [4.78, 5) is 60.7. The smallest absolute Gasteiger partial charge is 0.244 e. The molecule has 3 aromatic rings. The average molecular weight is 639 g/mol. The van der Waals surface area contributed by atoms with E-state index in [0.717, 1.165) is 28.8 Å². The first kappa shape index (κ1) is 33.8. The van der Waals surface area contributed by atoms with Gasteiger partial charge in [0.25, 0.3) is 0 Å². The number of benzene rings is 2. The molecule has 1 aliphatic carbocycles. The summed E-state index contributed by atoms with van der Waals surface area (Å²) < 4.78 is 0. The van der Waals surface area contributed by atoms with E-state index in [1.54, 1.807) is 35.1 Å². The number of rotatable bonds is 12. The Morgan fingerprint density at radius 1 is 0.915 bits per heavy atom. The van der Waals surface area contributed by atoms with Crippen molar-refractivity contribution in [1.82, 2.24) is 20.1 Å². The van der Waals surface area contributed by atoms with Crippen molar-refractivity contribution >= 4 is 35.1 Å². The normalized spacial score (nSPS) is 16.7. The topological polar surface area (TPSA) is 124 Å². The zero-order valence-corrected chi connectivity index (χ0v) is 27.7. The van der Waals surface area contributed by atoms with Gasteiger partial charge in [-0.05, 0) is 85.2 Å². The Labute approximate surface area is 277 Å². The van der Waals surface area contributed by atoms with Crippen molar-refractivity contribution < 1.29 is 19.2 Å². The second kappa shape index (κ2) is 15.3. The van der Waals surface area contributed by atoms with Crippen LogP contribution in [0.5, 0.6) is 0 Å².